The third-order valence-electron chi connectivity index (χ3n) is 11.2. The third kappa shape index (κ3) is 11.5. The highest BCUT2D eigenvalue weighted by atomic mass is 15.1. The summed E-state index contributed by atoms with van der Waals surface area (Å²) >= 11 is 0. The molecule has 0 unspecified atom stereocenters. The number of nitrogens with zero attached hydrogens (tertiary/aromatic N) is 2. The summed E-state index contributed by atoms with van der Waals surface area (Å²) in [5, 5.41) is 0. The Balaban J connectivity index is 1.18. The molecule has 0 N–H and O–H groups in total. The number of hydrogen-bond acceptors (Lipinski definition) is 2. The van der Waals surface area contributed by atoms with E-state index in [2.05, 4.69) is 183 Å². The quantitative estimate of drug-likeness (QED) is 0.0678. The van der Waals surface area contributed by atoms with Gasteiger partial charge in [0.25, 0.3) is 0 Å². The Kier molecular flexibility index (Phi) is 15.4. The van der Waals surface area contributed by atoms with E-state index in [4.69, 9.17) is 0 Å². The van der Waals surface area contributed by atoms with Gasteiger partial charge in [0.2, 0.25) is 0 Å². The molecule has 56 heavy (non-hydrogen) atoms. The zero-order valence-corrected chi connectivity index (χ0v) is 34.7. The van der Waals surface area contributed by atoms with Crippen LogP contribution in [0.4, 0.5) is 34.1 Å². The summed E-state index contributed by atoms with van der Waals surface area (Å²) in [6.07, 6.45) is 18.3. The molecule has 0 aliphatic heterocycles. The Bertz CT molecular complexity index is 1840. The number of anilines is 6. The van der Waals surface area contributed by atoms with Crippen molar-refractivity contribution in [2.75, 3.05) is 9.80 Å². The van der Waals surface area contributed by atoms with Crippen molar-refractivity contribution in [1.29, 1.82) is 0 Å². The molecule has 290 valence electrons. The summed E-state index contributed by atoms with van der Waals surface area (Å²) in [7, 11) is 0. The average molecular weight is 741 g/mol. The first kappa shape index (κ1) is 40.6. The zero-order valence-electron chi connectivity index (χ0n) is 34.7. The van der Waals surface area contributed by atoms with Crippen LogP contribution < -0.4 is 9.80 Å². The highest BCUT2D eigenvalue weighted by Crippen LogP contribution is 2.38. The van der Waals surface area contributed by atoms with Crippen molar-refractivity contribution in [1.82, 2.24) is 0 Å². The predicted octanol–water partition coefficient (Wildman–Crippen LogP) is 16.7. The minimum absolute atomic E-state index is 1.15. The summed E-state index contributed by atoms with van der Waals surface area (Å²) in [6, 6.07) is 54.3. The molecule has 0 fully saturated rings. The molecule has 0 saturated carbocycles. The van der Waals surface area contributed by atoms with Gasteiger partial charge >= 0.3 is 0 Å². The molecule has 0 saturated heterocycles. The van der Waals surface area contributed by atoms with Gasteiger partial charge in [0.15, 0.2) is 0 Å². The second-order valence-electron chi connectivity index (χ2n) is 15.8. The fourth-order valence-electron chi connectivity index (χ4n) is 7.73. The Morgan fingerprint density at radius 3 is 0.839 bits per heavy atom. The van der Waals surface area contributed by atoms with Gasteiger partial charge in [0, 0.05) is 34.1 Å². The Hall–Kier alpha value is -5.08. The van der Waals surface area contributed by atoms with Crippen LogP contribution in [0, 0.1) is 13.8 Å². The van der Waals surface area contributed by atoms with Gasteiger partial charge in [0.1, 0.15) is 0 Å². The molecule has 0 aliphatic rings. The molecule has 0 bridgehead atoms. The van der Waals surface area contributed by atoms with Crippen LogP contribution in [0.3, 0.4) is 0 Å². The average Bonchev–Trinajstić information content (AvgIpc) is 3.24. The summed E-state index contributed by atoms with van der Waals surface area (Å²) in [5.41, 5.74) is 14.8. The van der Waals surface area contributed by atoms with Crippen molar-refractivity contribution in [2.24, 2.45) is 0 Å². The van der Waals surface area contributed by atoms with Crippen LogP contribution in [-0.2, 0) is 12.8 Å². The van der Waals surface area contributed by atoms with Gasteiger partial charge in [-0.25, -0.2) is 0 Å². The monoisotopic (exact) mass is 741 g/mol. The highest BCUT2D eigenvalue weighted by Gasteiger charge is 2.15. The molecule has 6 aromatic rings. The van der Waals surface area contributed by atoms with Crippen LogP contribution in [0.5, 0.6) is 0 Å². The van der Waals surface area contributed by atoms with E-state index in [9.17, 15) is 0 Å². The van der Waals surface area contributed by atoms with Crippen LogP contribution >= 0.6 is 0 Å². The van der Waals surface area contributed by atoms with Gasteiger partial charge in [0.05, 0.1) is 0 Å². The molecule has 2 nitrogen and oxygen atoms in total. The van der Waals surface area contributed by atoms with E-state index in [0.717, 1.165) is 24.2 Å². The zero-order chi connectivity index (χ0) is 39.0. The van der Waals surface area contributed by atoms with Crippen molar-refractivity contribution >= 4 is 34.1 Å². The minimum Gasteiger partial charge on any atom is -0.311 e. The van der Waals surface area contributed by atoms with Gasteiger partial charge < -0.3 is 9.80 Å². The van der Waals surface area contributed by atoms with Gasteiger partial charge in [-0.1, -0.05) is 162 Å². The molecule has 0 atom stereocenters. The summed E-state index contributed by atoms with van der Waals surface area (Å²) in [6.45, 7) is 8.87. The van der Waals surface area contributed by atoms with Gasteiger partial charge in [-0.2, -0.15) is 0 Å². The second kappa shape index (κ2) is 21.3. The van der Waals surface area contributed by atoms with E-state index in [1.54, 1.807) is 0 Å². The predicted molar refractivity (Wildman–Crippen MR) is 245 cm³/mol. The van der Waals surface area contributed by atoms with Crippen LogP contribution in [0.1, 0.15) is 113 Å². The maximum Gasteiger partial charge on any atom is 0.0462 e. The van der Waals surface area contributed by atoms with E-state index in [-0.39, 0.29) is 0 Å². The van der Waals surface area contributed by atoms with Crippen molar-refractivity contribution in [3.63, 3.8) is 0 Å². The maximum absolute atomic E-state index is 2.37. The lowest BCUT2D eigenvalue weighted by Crippen LogP contribution is -2.10. The molecule has 6 rings (SSSR count). The first-order chi connectivity index (χ1) is 27.5. The largest absolute Gasteiger partial charge is 0.311 e. The van der Waals surface area contributed by atoms with Crippen LogP contribution in [0.2, 0.25) is 0 Å². The molecule has 0 heterocycles. The summed E-state index contributed by atoms with van der Waals surface area (Å²) in [4.78, 5) is 4.75. The fraction of sp³-hybridized carbons (Fsp3) is 0.333. The van der Waals surface area contributed by atoms with E-state index in [1.807, 2.05) is 0 Å². The lowest BCUT2D eigenvalue weighted by atomic mass is 10.0. The van der Waals surface area contributed by atoms with Crippen molar-refractivity contribution in [2.45, 2.75) is 118 Å². The van der Waals surface area contributed by atoms with E-state index in [0.29, 0.717) is 0 Å². The van der Waals surface area contributed by atoms with Crippen molar-refractivity contribution in [3.05, 3.63) is 168 Å². The number of rotatable bonds is 21. The van der Waals surface area contributed by atoms with Crippen molar-refractivity contribution < 1.29 is 0 Å². The summed E-state index contributed by atoms with van der Waals surface area (Å²) in [5.74, 6) is 0. The molecule has 0 aliphatic carbocycles. The lowest BCUT2D eigenvalue weighted by Gasteiger charge is -2.26. The first-order valence-electron chi connectivity index (χ1n) is 21.6. The standard InChI is InChI=1S/C54H64N2/c1-5-7-9-11-13-15-17-45-23-35-51(36-24-45)55(49-31-19-43(3)20-32-49)53-39-27-47(28-40-53)48-29-41-54(42-30-48)56(50-33-21-44(4)22-34-50)52-37-25-46(26-38-52)18-16-14-12-10-8-6-2/h19-42H,5-18H2,1-4H3. The SMILES string of the molecule is CCCCCCCCc1ccc(N(c2ccc(C)cc2)c2ccc(-c3ccc(N(c4ccc(C)cc4)c4ccc(CCCCCCCC)cc4)cc3)cc2)cc1. The minimum atomic E-state index is 1.15. The Morgan fingerprint density at radius 2 is 0.536 bits per heavy atom. The first-order valence-corrected chi connectivity index (χ1v) is 21.6. The molecule has 0 aromatic heterocycles. The van der Waals surface area contributed by atoms with E-state index in [1.165, 1.54) is 133 Å². The second-order valence-corrected chi connectivity index (χ2v) is 15.8. The van der Waals surface area contributed by atoms with Crippen LogP contribution in [0.15, 0.2) is 146 Å². The number of hydrogen-bond donors (Lipinski definition) is 0. The van der Waals surface area contributed by atoms with Crippen LogP contribution in [-0.4, -0.2) is 0 Å². The molecular weight excluding hydrogens is 677 g/mol. The lowest BCUT2D eigenvalue weighted by molar-refractivity contribution is 0.607. The maximum atomic E-state index is 2.37. The highest BCUT2D eigenvalue weighted by molar-refractivity contribution is 5.81. The molecule has 6 aromatic carbocycles. The molecule has 0 amide bonds. The normalized spacial score (nSPS) is 11.1. The molecular formula is C54H64N2. The Labute approximate surface area is 339 Å². The number of aryl methyl sites for hydroxylation is 4. The topological polar surface area (TPSA) is 6.48 Å². The van der Waals surface area contributed by atoms with Crippen molar-refractivity contribution in [3.8, 4) is 11.1 Å². The fourth-order valence-corrected chi connectivity index (χ4v) is 7.73. The van der Waals surface area contributed by atoms with Crippen LogP contribution in [0.25, 0.3) is 11.1 Å². The van der Waals surface area contributed by atoms with Gasteiger partial charge in [-0.15, -0.1) is 0 Å². The van der Waals surface area contributed by atoms with E-state index < -0.39 is 0 Å². The molecule has 2 heteroatoms. The number of unbranched alkanes of at least 4 members (excludes halogenated alkanes) is 10. The van der Waals surface area contributed by atoms with E-state index >= 15 is 0 Å². The molecule has 0 radical (unpaired) electrons. The molecule has 0 spiro atoms. The van der Waals surface area contributed by atoms with Gasteiger partial charge in [-0.3, -0.25) is 0 Å². The summed E-state index contributed by atoms with van der Waals surface area (Å²) < 4.78 is 0. The van der Waals surface area contributed by atoms with Gasteiger partial charge in [-0.05, 0) is 135 Å². The Morgan fingerprint density at radius 1 is 0.286 bits per heavy atom. The smallest absolute Gasteiger partial charge is 0.0462 e. The third-order valence-corrected chi connectivity index (χ3v) is 11.2. The number of benzene rings is 6.